The summed E-state index contributed by atoms with van der Waals surface area (Å²) < 4.78 is 11.6. The molecule has 2 bridgehead atoms. The summed E-state index contributed by atoms with van der Waals surface area (Å²) in [5.41, 5.74) is 0.213. The van der Waals surface area contributed by atoms with Crippen molar-refractivity contribution in [3.63, 3.8) is 0 Å². The van der Waals surface area contributed by atoms with Gasteiger partial charge in [0.1, 0.15) is 17.6 Å². The first-order valence-corrected chi connectivity index (χ1v) is 10.4. The van der Waals surface area contributed by atoms with Crippen molar-refractivity contribution in [2.75, 3.05) is 19.7 Å². The fraction of sp³-hybridized carbons (Fsp3) is 0.455. The maximum absolute atomic E-state index is 12.3. The van der Waals surface area contributed by atoms with Crippen molar-refractivity contribution in [1.82, 2.24) is 15.2 Å². The van der Waals surface area contributed by atoms with Crippen molar-refractivity contribution in [3.8, 4) is 11.5 Å². The molecule has 2 aromatic rings. The monoisotopic (exact) mass is 413 g/mol. The van der Waals surface area contributed by atoms with E-state index >= 15 is 0 Å². The van der Waals surface area contributed by atoms with E-state index in [9.17, 15) is 4.79 Å². The van der Waals surface area contributed by atoms with Crippen molar-refractivity contribution in [2.24, 2.45) is 0 Å². The summed E-state index contributed by atoms with van der Waals surface area (Å²) in [7, 11) is 0. The van der Waals surface area contributed by atoms with Gasteiger partial charge in [-0.05, 0) is 62.1 Å². The molecule has 4 aliphatic rings. The molecule has 152 valence electrons. The van der Waals surface area contributed by atoms with Gasteiger partial charge in [0, 0.05) is 41.6 Å². The number of hydrogen-bond acceptors (Lipinski definition) is 5. The highest BCUT2D eigenvalue weighted by Crippen LogP contribution is 2.64. The minimum absolute atomic E-state index is 0.0297. The fourth-order valence-electron chi connectivity index (χ4n) is 5.08. The number of carbonyl (C=O) groups is 1. The lowest BCUT2D eigenvalue weighted by Crippen LogP contribution is -2.83. The highest BCUT2D eigenvalue weighted by atomic mass is 35.5. The Labute approximate surface area is 175 Å². The van der Waals surface area contributed by atoms with Crippen LogP contribution in [0.25, 0.3) is 0 Å². The summed E-state index contributed by atoms with van der Waals surface area (Å²) in [6.07, 6.45) is 7.85. The largest absolute Gasteiger partial charge is 0.489 e. The van der Waals surface area contributed by atoms with Gasteiger partial charge in [-0.15, -0.1) is 0 Å². The molecule has 1 amide bonds. The highest BCUT2D eigenvalue weighted by molar-refractivity contribution is 6.30. The van der Waals surface area contributed by atoms with Gasteiger partial charge in [0.15, 0.2) is 6.61 Å². The van der Waals surface area contributed by atoms with Gasteiger partial charge in [-0.3, -0.25) is 14.7 Å². The lowest BCUT2D eigenvalue weighted by Gasteiger charge is -2.73. The molecule has 3 aliphatic carbocycles. The van der Waals surface area contributed by atoms with E-state index in [1.165, 1.54) is 0 Å². The minimum Gasteiger partial charge on any atom is -0.489 e. The van der Waals surface area contributed by atoms with Crippen LogP contribution >= 0.6 is 11.6 Å². The number of rotatable bonds is 7. The Morgan fingerprint density at radius 3 is 2.59 bits per heavy atom. The lowest BCUT2D eigenvalue weighted by molar-refractivity contribution is -0.179. The van der Waals surface area contributed by atoms with Crippen LogP contribution in [0, 0.1) is 0 Å². The molecule has 4 fully saturated rings. The Morgan fingerprint density at radius 1 is 1.14 bits per heavy atom. The first-order valence-electron chi connectivity index (χ1n) is 10.1. The molecule has 7 heteroatoms. The number of hydrogen-bond donors (Lipinski definition) is 1. The maximum atomic E-state index is 12.3. The number of halogens is 1. The number of nitrogens with zero attached hydrogens (tertiary/aromatic N) is 2. The number of carbonyl (C=O) groups excluding carboxylic acids is 1. The van der Waals surface area contributed by atoms with Gasteiger partial charge in [-0.25, -0.2) is 0 Å². The van der Waals surface area contributed by atoms with Gasteiger partial charge in [-0.2, -0.15) is 0 Å². The molecule has 1 atom stereocenters. The molecular formula is C22H24ClN3O3. The average Bonchev–Trinajstić information content (AvgIpc) is 3.12. The SMILES string of the molecule is O=C(COc1ccc(Cl)cc1)NC12CC(N3CCC(Oc4ccncc4)C3)(C1)C2. The van der Waals surface area contributed by atoms with Crippen LogP contribution in [0.4, 0.5) is 0 Å². The number of nitrogens with one attached hydrogen (secondary N) is 1. The summed E-state index contributed by atoms with van der Waals surface area (Å²) in [6.45, 7) is 2.04. The Hall–Kier alpha value is -2.31. The lowest BCUT2D eigenvalue weighted by atomic mass is 9.43. The number of benzene rings is 1. The molecular weight excluding hydrogens is 390 g/mol. The number of likely N-dealkylation sites (tertiary alicyclic amines) is 1. The molecule has 6 nitrogen and oxygen atoms in total. The average molecular weight is 414 g/mol. The summed E-state index contributed by atoms with van der Waals surface area (Å²) in [5.74, 6) is 1.47. The second-order valence-electron chi connectivity index (χ2n) is 8.48. The van der Waals surface area contributed by atoms with E-state index in [0.717, 1.165) is 44.5 Å². The van der Waals surface area contributed by atoms with Crippen molar-refractivity contribution in [1.29, 1.82) is 0 Å². The van der Waals surface area contributed by atoms with Crippen LogP contribution in [-0.4, -0.2) is 52.7 Å². The maximum Gasteiger partial charge on any atom is 0.258 e. The van der Waals surface area contributed by atoms with Gasteiger partial charge in [0.2, 0.25) is 0 Å². The molecule has 2 heterocycles. The normalized spacial score (nSPS) is 30.2. The van der Waals surface area contributed by atoms with Crippen LogP contribution in [0.1, 0.15) is 25.7 Å². The van der Waals surface area contributed by atoms with Crippen molar-refractivity contribution >= 4 is 17.5 Å². The van der Waals surface area contributed by atoms with E-state index in [-0.39, 0.29) is 29.7 Å². The van der Waals surface area contributed by atoms with Crippen LogP contribution < -0.4 is 14.8 Å². The molecule has 1 N–H and O–H groups in total. The number of pyridine rings is 1. The van der Waals surface area contributed by atoms with E-state index in [2.05, 4.69) is 15.2 Å². The standard InChI is InChI=1S/C22H24ClN3O3/c23-16-1-3-17(4-2-16)28-12-20(27)25-21-13-22(14-21,15-21)26-10-7-19(11-26)29-18-5-8-24-9-6-18/h1-6,8-9,19H,7,10-15H2,(H,25,27). The third kappa shape index (κ3) is 3.67. The predicted octanol–water partition coefficient (Wildman–Crippen LogP) is 3.06. The zero-order valence-electron chi connectivity index (χ0n) is 16.1. The predicted molar refractivity (Wildman–Crippen MR) is 109 cm³/mol. The van der Waals surface area contributed by atoms with Gasteiger partial charge < -0.3 is 14.8 Å². The molecule has 1 unspecified atom stereocenters. The summed E-state index contributed by atoms with van der Waals surface area (Å²) in [6, 6.07) is 10.8. The molecule has 1 aromatic heterocycles. The molecule has 0 radical (unpaired) electrons. The molecule has 6 rings (SSSR count). The second-order valence-corrected chi connectivity index (χ2v) is 8.92. The number of ether oxygens (including phenoxy) is 2. The quantitative estimate of drug-likeness (QED) is 0.755. The Bertz CT molecular complexity index is 870. The number of amides is 1. The Kier molecular flexibility index (Phi) is 4.63. The van der Waals surface area contributed by atoms with Crippen LogP contribution in [0.15, 0.2) is 48.8 Å². The van der Waals surface area contributed by atoms with Crippen LogP contribution in [-0.2, 0) is 4.79 Å². The first kappa shape index (κ1) is 18.7. The molecule has 1 saturated heterocycles. The highest BCUT2D eigenvalue weighted by Gasteiger charge is 2.71. The first-order chi connectivity index (χ1) is 14.0. The molecule has 3 saturated carbocycles. The third-order valence-electron chi connectivity index (χ3n) is 6.36. The summed E-state index contributed by atoms with van der Waals surface area (Å²) in [5, 5.41) is 3.83. The van der Waals surface area contributed by atoms with Crippen LogP contribution in [0.5, 0.6) is 11.5 Å². The molecule has 0 spiro atoms. The van der Waals surface area contributed by atoms with E-state index in [0.29, 0.717) is 10.8 Å². The van der Waals surface area contributed by atoms with E-state index in [1.807, 2.05) is 12.1 Å². The van der Waals surface area contributed by atoms with Crippen molar-refractivity contribution in [3.05, 3.63) is 53.8 Å². The Morgan fingerprint density at radius 2 is 1.86 bits per heavy atom. The smallest absolute Gasteiger partial charge is 0.258 e. The van der Waals surface area contributed by atoms with E-state index in [4.69, 9.17) is 21.1 Å². The molecule has 1 aliphatic heterocycles. The zero-order chi connectivity index (χ0) is 19.9. The Balaban J connectivity index is 1.07. The summed E-state index contributed by atoms with van der Waals surface area (Å²) >= 11 is 5.86. The number of aromatic nitrogens is 1. The van der Waals surface area contributed by atoms with Gasteiger partial charge in [0.05, 0.1) is 0 Å². The van der Waals surface area contributed by atoms with E-state index < -0.39 is 0 Å². The van der Waals surface area contributed by atoms with E-state index in [1.54, 1.807) is 36.7 Å². The van der Waals surface area contributed by atoms with Crippen LogP contribution in [0.3, 0.4) is 0 Å². The van der Waals surface area contributed by atoms with Crippen LogP contribution in [0.2, 0.25) is 5.02 Å². The molecule has 29 heavy (non-hydrogen) atoms. The minimum atomic E-state index is -0.0615. The fourth-order valence-corrected chi connectivity index (χ4v) is 5.20. The van der Waals surface area contributed by atoms with Crippen molar-refractivity contribution < 1.29 is 14.3 Å². The zero-order valence-corrected chi connectivity index (χ0v) is 16.9. The topological polar surface area (TPSA) is 63.7 Å². The third-order valence-corrected chi connectivity index (χ3v) is 6.61. The van der Waals surface area contributed by atoms with Gasteiger partial charge >= 0.3 is 0 Å². The van der Waals surface area contributed by atoms with Gasteiger partial charge in [0.25, 0.3) is 5.91 Å². The van der Waals surface area contributed by atoms with Crippen molar-refractivity contribution in [2.45, 2.75) is 42.9 Å². The summed E-state index contributed by atoms with van der Waals surface area (Å²) in [4.78, 5) is 18.9. The van der Waals surface area contributed by atoms with Gasteiger partial charge in [-0.1, -0.05) is 11.6 Å². The second kappa shape index (κ2) is 7.18. The molecule has 1 aromatic carbocycles.